The molecule has 2 aromatic carbocycles. The van der Waals surface area contributed by atoms with Crippen molar-refractivity contribution in [3.63, 3.8) is 0 Å². The minimum atomic E-state index is -0.382. The van der Waals surface area contributed by atoms with Gasteiger partial charge in [0, 0.05) is 10.6 Å². The van der Waals surface area contributed by atoms with E-state index >= 15 is 0 Å². The van der Waals surface area contributed by atoms with Gasteiger partial charge in [-0.15, -0.1) is 11.6 Å². The molecule has 0 N–H and O–H groups in total. The highest BCUT2D eigenvalue weighted by atomic mass is 79.9. The zero-order chi connectivity index (χ0) is 13.1. The number of hydrogen-bond donors (Lipinski definition) is 0. The molecule has 0 spiro atoms. The Kier molecular flexibility index (Phi) is 4.49. The van der Waals surface area contributed by atoms with E-state index < -0.39 is 0 Å². The molecule has 0 aliphatic heterocycles. The Morgan fingerprint density at radius 2 is 1.94 bits per heavy atom. The fraction of sp³-hybridized carbons (Fsp3) is 0.0769. The zero-order valence-corrected chi connectivity index (χ0v) is 12.2. The van der Waals surface area contributed by atoms with Gasteiger partial charge in [0.1, 0.15) is 17.3 Å². The Hall–Kier alpha value is -0.770. The van der Waals surface area contributed by atoms with Gasteiger partial charge in [0.15, 0.2) is 0 Å². The van der Waals surface area contributed by atoms with E-state index in [0.29, 0.717) is 26.6 Å². The zero-order valence-electron chi connectivity index (χ0n) is 9.09. The molecule has 0 radical (unpaired) electrons. The van der Waals surface area contributed by atoms with Gasteiger partial charge < -0.3 is 4.74 Å². The third-order valence-corrected chi connectivity index (χ3v) is 3.45. The highest BCUT2D eigenvalue weighted by Crippen LogP contribution is 2.34. The molecule has 0 amide bonds. The highest BCUT2D eigenvalue weighted by molar-refractivity contribution is 9.10. The summed E-state index contributed by atoms with van der Waals surface area (Å²) in [6, 6.07) is 9.70. The van der Waals surface area contributed by atoms with Gasteiger partial charge in [-0.3, -0.25) is 0 Å². The Bertz CT molecular complexity index is 575. The minimum absolute atomic E-state index is 0.0488. The summed E-state index contributed by atoms with van der Waals surface area (Å²) in [6.07, 6.45) is 0. The summed E-state index contributed by atoms with van der Waals surface area (Å²) in [5.41, 5.74) is 0.334. The van der Waals surface area contributed by atoms with Gasteiger partial charge >= 0.3 is 0 Å². The number of ether oxygens (including phenoxy) is 1. The van der Waals surface area contributed by atoms with Gasteiger partial charge in [0.25, 0.3) is 0 Å². The second-order valence-corrected chi connectivity index (χ2v) is 5.08. The van der Waals surface area contributed by atoms with Gasteiger partial charge in [0.05, 0.1) is 10.4 Å². The molecule has 0 atom stereocenters. The van der Waals surface area contributed by atoms with Crippen LogP contribution in [0.2, 0.25) is 5.02 Å². The minimum Gasteiger partial charge on any atom is -0.456 e. The van der Waals surface area contributed by atoms with Crippen molar-refractivity contribution in [2.75, 3.05) is 0 Å². The molecule has 0 fully saturated rings. The lowest BCUT2D eigenvalue weighted by Gasteiger charge is -2.11. The smallest absolute Gasteiger partial charge is 0.141 e. The standard InChI is InChI=1S/C13H8BrCl2FO/c14-10-6-8(16)4-5-13(10)18-12-3-1-2-11(17)9(12)7-15/h1-6H,7H2. The van der Waals surface area contributed by atoms with Gasteiger partial charge in [-0.25, -0.2) is 4.39 Å². The van der Waals surface area contributed by atoms with Crippen LogP contribution in [0.1, 0.15) is 5.56 Å². The van der Waals surface area contributed by atoms with Crippen molar-refractivity contribution >= 4 is 39.1 Å². The maximum absolute atomic E-state index is 13.5. The molecule has 2 rings (SSSR count). The predicted octanol–water partition coefficient (Wildman–Crippen LogP) is 5.77. The fourth-order valence-electron chi connectivity index (χ4n) is 1.44. The van der Waals surface area contributed by atoms with E-state index in [4.69, 9.17) is 27.9 Å². The molecule has 0 heterocycles. The number of alkyl halides is 1. The summed E-state index contributed by atoms with van der Waals surface area (Å²) in [6.45, 7) is 0. The van der Waals surface area contributed by atoms with Crippen LogP contribution in [0.15, 0.2) is 40.9 Å². The molecule has 0 saturated heterocycles. The number of hydrogen-bond acceptors (Lipinski definition) is 1. The molecule has 5 heteroatoms. The summed E-state index contributed by atoms with van der Waals surface area (Å²) in [5, 5.41) is 0.589. The summed E-state index contributed by atoms with van der Waals surface area (Å²) < 4.78 is 19.9. The van der Waals surface area contributed by atoms with Crippen LogP contribution in [0.5, 0.6) is 11.5 Å². The molecule has 2 aromatic rings. The van der Waals surface area contributed by atoms with Crippen LogP contribution in [-0.2, 0) is 5.88 Å². The molecular formula is C13H8BrCl2FO. The Balaban J connectivity index is 2.37. The van der Waals surface area contributed by atoms with Crippen LogP contribution in [-0.4, -0.2) is 0 Å². The van der Waals surface area contributed by atoms with Crippen molar-refractivity contribution in [2.24, 2.45) is 0 Å². The molecule has 94 valence electrons. The van der Waals surface area contributed by atoms with Crippen molar-refractivity contribution < 1.29 is 9.13 Å². The Morgan fingerprint density at radius 1 is 1.17 bits per heavy atom. The van der Waals surface area contributed by atoms with Crippen molar-refractivity contribution in [3.8, 4) is 11.5 Å². The molecule has 1 nitrogen and oxygen atoms in total. The number of rotatable bonds is 3. The molecule has 0 saturated carbocycles. The van der Waals surface area contributed by atoms with Crippen molar-refractivity contribution in [3.05, 3.63) is 57.3 Å². The van der Waals surface area contributed by atoms with E-state index in [9.17, 15) is 4.39 Å². The second-order valence-electron chi connectivity index (χ2n) is 3.53. The fourth-order valence-corrected chi connectivity index (χ4v) is 2.46. The van der Waals surface area contributed by atoms with Gasteiger partial charge in [-0.1, -0.05) is 17.7 Å². The second kappa shape index (κ2) is 5.91. The number of benzene rings is 2. The lowest BCUT2D eigenvalue weighted by atomic mass is 10.2. The maximum atomic E-state index is 13.5. The number of halogens is 4. The highest BCUT2D eigenvalue weighted by Gasteiger charge is 2.11. The van der Waals surface area contributed by atoms with Gasteiger partial charge in [-0.2, -0.15) is 0 Å². The van der Waals surface area contributed by atoms with E-state index in [0.717, 1.165) is 0 Å². The molecule has 0 aliphatic rings. The summed E-state index contributed by atoms with van der Waals surface area (Å²) in [4.78, 5) is 0. The van der Waals surface area contributed by atoms with Gasteiger partial charge in [-0.05, 0) is 46.3 Å². The van der Waals surface area contributed by atoms with Crippen LogP contribution >= 0.6 is 39.1 Å². The maximum Gasteiger partial charge on any atom is 0.141 e. The van der Waals surface area contributed by atoms with E-state index in [1.807, 2.05) is 0 Å². The third kappa shape index (κ3) is 2.97. The first kappa shape index (κ1) is 13.7. The van der Waals surface area contributed by atoms with E-state index in [1.54, 1.807) is 30.3 Å². The summed E-state index contributed by atoms with van der Waals surface area (Å²) in [5.74, 6) is 0.615. The van der Waals surface area contributed by atoms with Crippen LogP contribution in [0, 0.1) is 5.82 Å². The van der Waals surface area contributed by atoms with E-state index in [1.165, 1.54) is 6.07 Å². The topological polar surface area (TPSA) is 9.23 Å². The lowest BCUT2D eigenvalue weighted by Crippen LogP contribution is -1.93. The van der Waals surface area contributed by atoms with Crippen molar-refractivity contribution in [1.82, 2.24) is 0 Å². The third-order valence-electron chi connectivity index (χ3n) is 2.32. The Labute approximate surface area is 123 Å². The van der Waals surface area contributed by atoms with Crippen LogP contribution < -0.4 is 4.74 Å². The summed E-state index contributed by atoms with van der Waals surface area (Å²) >= 11 is 14.9. The van der Waals surface area contributed by atoms with E-state index in [2.05, 4.69) is 15.9 Å². The van der Waals surface area contributed by atoms with E-state index in [-0.39, 0.29) is 11.7 Å². The first-order valence-corrected chi connectivity index (χ1v) is 6.78. The average molecular weight is 350 g/mol. The van der Waals surface area contributed by atoms with Crippen LogP contribution in [0.3, 0.4) is 0 Å². The molecule has 0 unspecified atom stereocenters. The monoisotopic (exact) mass is 348 g/mol. The first-order valence-electron chi connectivity index (χ1n) is 5.08. The lowest BCUT2D eigenvalue weighted by molar-refractivity contribution is 0.467. The Morgan fingerprint density at radius 3 is 2.61 bits per heavy atom. The molecule has 0 aliphatic carbocycles. The van der Waals surface area contributed by atoms with Crippen LogP contribution in [0.25, 0.3) is 0 Å². The van der Waals surface area contributed by atoms with Crippen molar-refractivity contribution in [1.29, 1.82) is 0 Å². The molecule has 0 bridgehead atoms. The molecule has 18 heavy (non-hydrogen) atoms. The first-order chi connectivity index (χ1) is 8.61. The SMILES string of the molecule is Fc1cccc(Oc2ccc(Cl)cc2Br)c1CCl. The molecular weight excluding hydrogens is 342 g/mol. The normalized spacial score (nSPS) is 10.4. The quantitative estimate of drug-likeness (QED) is 0.639. The van der Waals surface area contributed by atoms with Crippen LogP contribution in [0.4, 0.5) is 4.39 Å². The predicted molar refractivity (Wildman–Crippen MR) is 75.2 cm³/mol. The largest absolute Gasteiger partial charge is 0.456 e. The van der Waals surface area contributed by atoms with Gasteiger partial charge in [0.2, 0.25) is 0 Å². The average Bonchev–Trinajstić information content (AvgIpc) is 2.33. The van der Waals surface area contributed by atoms with Crippen molar-refractivity contribution in [2.45, 2.75) is 5.88 Å². The summed E-state index contributed by atoms with van der Waals surface area (Å²) in [7, 11) is 0. The molecule has 0 aromatic heterocycles.